The molecule has 0 aliphatic heterocycles. The van der Waals surface area contributed by atoms with E-state index < -0.39 is 0 Å². The lowest BCUT2D eigenvalue weighted by atomic mass is 10.1. The quantitative estimate of drug-likeness (QED) is 0.117. The van der Waals surface area contributed by atoms with Crippen LogP contribution in [0.2, 0.25) is 0 Å². The van der Waals surface area contributed by atoms with Gasteiger partial charge in [-0.1, -0.05) is 25.0 Å². The van der Waals surface area contributed by atoms with E-state index in [9.17, 15) is 4.79 Å². The van der Waals surface area contributed by atoms with Crippen LogP contribution < -0.4 is 15.4 Å². The normalized spacial score (nSPS) is 10.8. The Bertz CT molecular complexity index is 582. The molecule has 0 unspecified atom stereocenters. The van der Waals surface area contributed by atoms with E-state index in [1.54, 1.807) is 7.11 Å². The van der Waals surface area contributed by atoms with E-state index in [0.717, 1.165) is 75.7 Å². The first-order valence-electron chi connectivity index (χ1n) is 10.5. The molecule has 0 saturated carbocycles. The standard InChI is InChI=1S/C22H37N3O4.HI/c1-4-29-17-9-16-24-22(23-15-8-6-5-7-10-21(26)28-3)25-18-19-11-13-20(27-2)14-12-19;/h11-14H,4-10,15-18H2,1-3H3,(H2,23,24,25);1H. The molecule has 0 aromatic heterocycles. The molecule has 0 amide bonds. The van der Waals surface area contributed by atoms with Gasteiger partial charge in [0.1, 0.15) is 5.75 Å². The van der Waals surface area contributed by atoms with Crippen LogP contribution in [0.5, 0.6) is 5.75 Å². The van der Waals surface area contributed by atoms with Gasteiger partial charge in [-0.15, -0.1) is 24.0 Å². The fraction of sp³-hybridized carbons (Fsp3) is 0.636. The predicted molar refractivity (Wildman–Crippen MR) is 132 cm³/mol. The molecular formula is C22H38IN3O4. The number of nitrogens with one attached hydrogen (secondary N) is 2. The number of guanidine groups is 1. The van der Waals surface area contributed by atoms with E-state index in [2.05, 4.69) is 20.4 Å². The summed E-state index contributed by atoms with van der Waals surface area (Å²) >= 11 is 0. The SMILES string of the molecule is CCOCCCNC(=NCc1ccc(OC)cc1)NCCCCCCC(=O)OC.I. The zero-order chi connectivity index (χ0) is 21.2. The molecule has 0 atom stereocenters. The number of hydrogen-bond donors (Lipinski definition) is 2. The van der Waals surface area contributed by atoms with E-state index in [0.29, 0.717) is 13.0 Å². The number of carbonyl (C=O) groups is 1. The summed E-state index contributed by atoms with van der Waals surface area (Å²) in [7, 11) is 3.09. The molecule has 0 fully saturated rings. The highest BCUT2D eigenvalue weighted by molar-refractivity contribution is 14.0. The summed E-state index contributed by atoms with van der Waals surface area (Å²) in [6.07, 6.45) is 5.44. The molecule has 0 aliphatic carbocycles. The number of halogens is 1. The maximum Gasteiger partial charge on any atom is 0.305 e. The van der Waals surface area contributed by atoms with Gasteiger partial charge >= 0.3 is 5.97 Å². The van der Waals surface area contributed by atoms with Crippen LogP contribution >= 0.6 is 24.0 Å². The summed E-state index contributed by atoms with van der Waals surface area (Å²) < 4.78 is 15.2. The smallest absolute Gasteiger partial charge is 0.305 e. The molecule has 0 radical (unpaired) electrons. The van der Waals surface area contributed by atoms with Gasteiger partial charge in [0, 0.05) is 32.7 Å². The van der Waals surface area contributed by atoms with Gasteiger partial charge in [0.2, 0.25) is 0 Å². The molecule has 8 heteroatoms. The molecule has 1 aromatic rings. The molecule has 0 bridgehead atoms. The van der Waals surface area contributed by atoms with Crippen LogP contribution in [0, 0.1) is 0 Å². The van der Waals surface area contributed by atoms with Gasteiger partial charge in [0.25, 0.3) is 0 Å². The summed E-state index contributed by atoms with van der Waals surface area (Å²) in [5.74, 6) is 1.52. The molecule has 30 heavy (non-hydrogen) atoms. The van der Waals surface area contributed by atoms with E-state index in [-0.39, 0.29) is 29.9 Å². The molecule has 1 rings (SSSR count). The van der Waals surface area contributed by atoms with Gasteiger partial charge in [-0.2, -0.15) is 0 Å². The van der Waals surface area contributed by atoms with Crippen LogP contribution in [0.4, 0.5) is 0 Å². The highest BCUT2D eigenvalue weighted by Crippen LogP contribution is 2.11. The largest absolute Gasteiger partial charge is 0.497 e. The number of rotatable bonds is 15. The summed E-state index contributed by atoms with van der Waals surface area (Å²) in [5, 5.41) is 6.77. The van der Waals surface area contributed by atoms with Crippen molar-refractivity contribution in [1.82, 2.24) is 10.6 Å². The van der Waals surface area contributed by atoms with Gasteiger partial charge in [0.15, 0.2) is 5.96 Å². The minimum Gasteiger partial charge on any atom is -0.497 e. The first-order chi connectivity index (χ1) is 14.2. The van der Waals surface area contributed by atoms with Gasteiger partial charge in [-0.3, -0.25) is 4.79 Å². The zero-order valence-corrected chi connectivity index (χ0v) is 20.9. The molecule has 0 saturated heterocycles. The van der Waals surface area contributed by atoms with Crippen LogP contribution in [0.15, 0.2) is 29.3 Å². The second kappa shape index (κ2) is 19.4. The van der Waals surface area contributed by atoms with Crippen molar-refractivity contribution in [2.24, 2.45) is 4.99 Å². The zero-order valence-electron chi connectivity index (χ0n) is 18.6. The lowest BCUT2D eigenvalue weighted by Crippen LogP contribution is -2.38. The highest BCUT2D eigenvalue weighted by Gasteiger charge is 2.01. The molecule has 172 valence electrons. The Morgan fingerprint density at radius 3 is 2.27 bits per heavy atom. The molecule has 2 N–H and O–H groups in total. The average Bonchev–Trinajstić information content (AvgIpc) is 2.76. The third kappa shape index (κ3) is 14.4. The third-order valence-electron chi connectivity index (χ3n) is 4.37. The summed E-state index contributed by atoms with van der Waals surface area (Å²) in [6, 6.07) is 7.94. The van der Waals surface area contributed by atoms with Gasteiger partial charge in [0.05, 0.1) is 20.8 Å². The van der Waals surface area contributed by atoms with Crippen molar-refractivity contribution in [2.45, 2.75) is 52.0 Å². The summed E-state index contributed by atoms with van der Waals surface area (Å²) in [6.45, 7) is 5.75. The van der Waals surface area contributed by atoms with Crippen molar-refractivity contribution in [1.29, 1.82) is 0 Å². The van der Waals surface area contributed by atoms with Gasteiger partial charge in [-0.05, 0) is 43.9 Å². The average molecular weight is 535 g/mol. The number of nitrogens with zero attached hydrogens (tertiary/aromatic N) is 1. The van der Waals surface area contributed by atoms with Gasteiger partial charge < -0.3 is 24.8 Å². The predicted octanol–water partition coefficient (Wildman–Crippen LogP) is 3.90. The topological polar surface area (TPSA) is 81.2 Å². The monoisotopic (exact) mass is 535 g/mol. The first kappa shape index (κ1) is 28.5. The fourth-order valence-corrected chi connectivity index (χ4v) is 2.66. The fourth-order valence-electron chi connectivity index (χ4n) is 2.66. The van der Waals surface area contributed by atoms with E-state index in [4.69, 9.17) is 9.47 Å². The Labute approximate surface area is 198 Å². The molecule has 0 aliphatic rings. The van der Waals surface area contributed by atoms with Crippen molar-refractivity contribution < 1.29 is 19.0 Å². The van der Waals surface area contributed by atoms with Crippen LogP contribution in [0.3, 0.4) is 0 Å². The Morgan fingerprint density at radius 1 is 0.967 bits per heavy atom. The lowest BCUT2D eigenvalue weighted by Gasteiger charge is -2.13. The second-order valence-corrected chi connectivity index (χ2v) is 6.66. The Morgan fingerprint density at radius 2 is 1.63 bits per heavy atom. The van der Waals surface area contributed by atoms with Crippen molar-refractivity contribution in [3.05, 3.63) is 29.8 Å². The third-order valence-corrected chi connectivity index (χ3v) is 4.37. The van der Waals surface area contributed by atoms with E-state index in [1.807, 2.05) is 31.2 Å². The van der Waals surface area contributed by atoms with Crippen LogP contribution in [0.1, 0.15) is 51.0 Å². The van der Waals surface area contributed by atoms with Crippen LogP contribution in [-0.4, -0.2) is 52.5 Å². The highest BCUT2D eigenvalue weighted by atomic mass is 127. The van der Waals surface area contributed by atoms with Gasteiger partial charge in [-0.25, -0.2) is 4.99 Å². The Hall–Kier alpha value is -1.55. The number of benzene rings is 1. The Kier molecular flexibility index (Phi) is 18.4. The number of unbranched alkanes of at least 4 members (excludes halogenated alkanes) is 3. The maximum absolute atomic E-state index is 11.1. The second-order valence-electron chi connectivity index (χ2n) is 6.66. The first-order valence-corrected chi connectivity index (χ1v) is 10.5. The number of aliphatic imine (C=N–C) groups is 1. The minimum absolute atomic E-state index is 0. The van der Waals surface area contributed by atoms with Crippen molar-refractivity contribution in [3.8, 4) is 5.75 Å². The van der Waals surface area contributed by atoms with E-state index in [1.165, 1.54) is 7.11 Å². The maximum atomic E-state index is 11.1. The number of esters is 1. The molecular weight excluding hydrogens is 497 g/mol. The lowest BCUT2D eigenvalue weighted by molar-refractivity contribution is -0.140. The summed E-state index contributed by atoms with van der Waals surface area (Å²) in [5.41, 5.74) is 1.13. The van der Waals surface area contributed by atoms with Crippen molar-refractivity contribution >= 4 is 35.9 Å². The summed E-state index contributed by atoms with van der Waals surface area (Å²) in [4.78, 5) is 15.8. The molecule has 1 aromatic carbocycles. The number of carbonyl (C=O) groups excluding carboxylic acids is 1. The minimum atomic E-state index is -0.132. The molecule has 0 spiro atoms. The Balaban J connectivity index is 0.00000841. The van der Waals surface area contributed by atoms with Crippen LogP contribution in [-0.2, 0) is 20.8 Å². The van der Waals surface area contributed by atoms with Crippen LogP contribution in [0.25, 0.3) is 0 Å². The number of ether oxygens (including phenoxy) is 3. The van der Waals surface area contributed by atoms with Crippen molar-refractivity contribution in [3.63, 3.8) is 0 Å². The molecule has 0 heterocycles. The van der Waals surface area contributed by atoms with E-state index >= 15 is 0 Å². The number of hydrogen-bond acceptors (Lipinski definition) is 5. The van der Waals surface area contributed by atoms with Crippen molar-refractivity contribution in [2.75, 3.05) is 40.5 Å². The molecule has 7 nitrogen and oxygen atoms in total. The number of methoxy groups -OCH3 is 2.